The van der Waals surface area contributed by atoms with Gasteiger partial charge < -0.3 is 9.67 Å². The Labute approximate surface area is 141 Å². The van der Waals surface area contributed by atoms with Crippen molar-refractivity contribution >= 4 is 20.9 Å². The van der Waals surface area contributed by atoms with E-state index in [4.69, 9.17) is 0 Å². The minimum atomic E-state index is -3.65. The Balaban J connectivity index is 1.81. The molecule has 0 spiro atoms. The summed E-state index contributed by atoms with van der Waals surface area (Å²) in [4.78, 5) is 0.201. The van der Waals surface area contributed by atoms with Gasteiger partial charge in [0.25, 0.3) is 0 Å². The number of hydrogen-bond acceptors (Lipinski definition) is 3. The van der Waals surface area contributed by atoms with Crippen LogP contribution in [0.2, 0.25) is 0 Å². The summed E-state index contributed by atoms with van der Waals surface area (Å²) in [6.07, 6.45) is 0.909. The van der Waals surface area contributed by atoms with E-state index in [1.54, 1.807) is 18.2 Å². The number of nitrogens with zero attached hydrogens (tertiary/aromatic N) is 1. The number of rotatable bonds is 5. The molecule has 24 heavy (non-hydrogen) atoms. The molecule has 5 nitrogen and oxygen atoms in total. The van der Waals surface area contributed by atoms with Gasteiger partial charge in [-0.3, -0.25) is 0 Å². The molecule has 2 N–H and O–H groups in total. The lowest BCUT2D eigenvalue weighted by Crippen LogP contribution is -2.28. The summed E-state index contributed by atoms with van der Waals surface area (Å²) in [6.45, 7) is 1.76. The number of nitrogens with one attached hydrogen (secondary N) is 1. The van der Waals surface area contributed by atoms with E-state index < -0.39 is 16.1 Å². The van der Waals surface area contributed by atoms with Gasteiger partial charge in [-0.25, -0.2) is 13.1 Å². The van der Waals surface area contributed by atoms with Crippen LogP contribution in [0.25, 0.3) is 10.9 Å². The SMILES string of the molecule is Cc1cccc(S(=O)(=O)NCC(O)c2cn(C)c3ccccc23)c1. The second-order valence-corrected chi connectivity index (χ2v) is 7.66. The Morgan fingerprint density at radius 1 is 1.17 bits per heavy atom. The molecule has 1 unspecified atom stereocenters. The van der Waals surface area contributed by atoms with Gasteiger partial charge in [-0.05, 0) is 30.7 Å². The summed E-state index contributed by atoms with van der Waals surface area (Å²) in [7, 11) is -1.75. The number of benzene rings is 2. The summed E-state index contributed by atoms with van der Waals surface area (Å²) >= 11 is 0. The predicted octanol–water partition coefficient (Wildman–Crippen LogP) is 2.50. The molecule has 1 aromatic heterocycles. The van der Waals surface area contributed by atoms with E-state index in [-0.39, 0.29) is 11.4 Å². The van der Waals surface area contributed by atoms with Crippen LogP contribution >= 0.6 is 0 Å². The van der Waals surface area contributed by atoms with Gasteiger partial charge in [-0.15, -0.1) is 0 Å². The van der Waals surface area contributed by atoms with Crippen LogP contribution in [0.15, 0.2) is 59.6 Å². The normalized spacial score (nSPS) is 13.3. The Kier molecular flexibility index (Phi) is 4.45. The van der Waals surface area contributed by atoms with Crippen molar-refractivity contribution in [2.75, 3.05) is 6.54 Å². The fourth-order valence-corrected chi connectivity index (χ4v) is 3.95. The van der Waals surface area contributed by atoms with Crippen molar-refractivity contribution in [1.29, 1.82) is 0 Å². The van der Waals surface area contributed by atoms with Crippen LogP contribution in [0.4, 0.5) is 0 Å². The van der Waals surface area contributed by atoms with E-state index in [9.17, 15) is 13.5 Å². The first-order chi connectivity index (χ1) is 11.4. The molecule has 0 aliphatic carbocycles. The highest BCUT2D eigenvalue weighted by Crippen LogP contribution is 2.25. The standard InChI is InChI=1S/C18H20N2O3S/c1-13-6-5-7-14(10-13)24(22,23)19-11-18(21)16-12-20(2)17-9-4-3-8-15(16)17/h3-10,12,18-19,21H,11H2,1-2H3. The quantitative estimate of drug-likeness (QED) is 0.747. The summed E-state index contributed by atoms with van der Waals surface area (Å²) in [5.41, 5.74) is 2.57. The van der Waals surface area contributed by atoms with Crippen LogP contribution in [0, 0.1) is 6.92 Å². The summed E-state index contributed by atoms with van der Waals surface area (Å²) < 4.78 is 29.1. The van der Waals surface area contributed by atoms with Gasteiger partial charge in [0.1, 0.15) is 0 Å². The zero-order chi connectivity index (χ0) is 17.3. The number of para-hydroxylation sites is 1. The summed E-state index contributed by atoms with van der Waals surface area (Å²) in [5, 5.41) is 11.4. The van der Waals surface area contributed by atoms with Crippen LogP contribution in [0.1, 0.15) is 17.2 Å². The van der Waals surface area contributed by atoms with Crippen LogP contribution < -0.4 is 4.72 Å². The molecule has 2 aromatic carbocycles. The maximum atomic E-state index is 12.4. The Morgan fingerprint density at radius 2 is 1.92 bits per heavy atom. The molecular weight excluding hydrogens is 324 g/mol. The van der Waals surface area contributed by atoms with E-state index in [1.165, 1.54) is 0 Å². The van der Waals surface area contributed by atoms with Crippen molar-refractivity contribution in [2.45, 2.75) is 17.9 Å². The maximum absolute atomic E-state index is 12.4. The monoisotopic (exact) mass is 344 g/mol. The fraction of sp³-hybridized carbons (Fsp3) is 0.222. The lowest BCUT2D eigenvalue weighted by molar-refractivity contribution is 0.183. The maximum Gasteiger partial charge on any atom is 0.240 e. The molecule has 3 rings (SSSR count). The molecule has 0 fully saturated rings. The molecule has 0 saturated heterocycles. The molecule has 0 bridgehead atoms. The second-order valence-electron chi connectivity index (χ2n) is 5.90. The van der Waals surface area contributed by atoms with Crippen molar-refractivity contribution in [2.24, 2.45) is 7.05 Å². The average Bonchev–Trinajstić information content (AvgIpc) is 2.90. The fourth-order valence-electron chi connectivity index (χ4n) is 2.80. The molecule has 0 amide bonds. The number of fused-ring (bicyclic) bond motifs is 1. The molecule has 0 aliphatic rings. The lowest BCUT2D eigenvalue weighted by atomic mass is 10.1. The Hall–Kier alpha value is -2.15. The van der Waals surface area contributed by atoms with Gasteiger partial charge in [0, 0.05) is 36.3 Å². The highest BCUT2D eigenvalue weighted by Gasteiger charge is 2.19. The minimum Gasteiger partial charge on any atom is -0.387 e. The first-order valence-corrected chi connectivity index (χ1v) is 9.15. The molecule has 3 aromatic rings. The van der Waals surface area contributed by atoms with E-state index in [0.717, 1.165) is 16.5 Å². The largest absolute Gasteiger partial charge is 0.387 e. The smallest absolute Gasteiger partial charge is 0.240 e. The van der Waals surface area contributed by atoms with Gasteiger partial charge in [0.2, 0.25) is 10.0 Å². The predicted molar refractivity (Wildman–Crippen MR) is 94.2 cm³/mol. The molecular formula is C18H20N2O3S. The van der Waals surface area contributed by atoms with Gasteiger partial charge >= 0.3 is 0 Å². The van der Waals surface area contributed by atoms with E-state index >= 15 is 0 Å². The highest BCUT2D eigenvalue weighted by atomic mass is 32.2. The minimum absolute atomic E-state index is 0.0791. The number of aliphatic hydroxyl groups excluding tert-OH is 1. The summed E-state index contributed by atoms with van der Waals surface area (Å²) in [5.74, 6) is 0. The van der Waals surface area contributed by atoms with Crippen LogP contribution in [-0.2, 0) is 17.1 Å². The van der Waals surface area contributed by atoms with Crippen molar-refractivity contribution < 1.29 is 13.5 Å². The number of aromatic nitrogens is 1. The van der Waals surface area contributed by atoms with Crippen LogP contribution in [0.5, 0.6) is 0 Å². The second kappa shape index (κ2) is 6.39. The molecule has 126 valence electrons. The van der Waals surface area contributed by atoms with Gasteiger partial charge in [-0.1, -0.05) is 30.3 Å². The number of aryl methyl sites for hydroxylation is 2. The van der Waals surface area contributed by atoms with E-state index in [0.29, 0.717) is 5.56 Å². The van der Waals surface area contributed by atoms with E-state index in [1.807, 2.05) is 55.1 Å². The van der Waals surface area contributed by atoms with Crippen molar-refractivity contribution in [3.8, 4) is 0 Å². The first-order valence-electron chi connectivity index (χ1n) is 7.67. The average molecular weight is 344 g/mol. The molecule has 6 heteroatoms. The third kappa shape index (κ3) is 3.21. The molecule has 0 radical (unpaired) electrons. The van der Waals surface area contributed by atoms with Gasteiger partial charge in [0.15, 0.2) is 0 Å². The third-order valence-corrected chi connectivity index (χ3v) is 5.47. The Morgan fingerprint density at radius 3 is 2.67 bits per heavy atom. The zero-order valence-electron chi connectivity index (χ0n) is 13.6. The zero-order valence-corrected chi connectivity index (χ0v) is 14.4. The van der Waals surface area contributed by atoms with Crippen molar-refractivity contribution in [3.63, 3.8) is 0 Å². The topological polar surface area (TPSA) is 71.3 Å². The first kappa shape index (κ1) is 16.7. The van der Waals surface area contributed by atoms with Crippen molar-refractivity contribution in [1.82, 2.24) is 9.29 Å². The van der Waals surface area contributed by atoms with Crippen molar-refractivity contribution in [3.05, 3.63) is 65.9 Å². The molecule has 1 atom stereocenters. The molecule has 1 heterocycles. The molecule has 0 aliphatic heterocycles. The van der Waals surface area contributed by atoms with Crippen LogP contribution in [-0.4, -0.2) is 24.6 Å². The van der Waals surface area contributed by atoms with Crippen LogP contribution in [0.3, 0.4) is 0 Å². The number of aliphatic hydroxyl groups is 1. The van der Waals surface area contributed by atoms with Gasteiger partial charge in [-0.2, -0.15) is 0 Å². The highest BCUT2D eigenvalue weighted by molar-refractivity contribution is 7.89. The lowest BCUT2D eigenvalue weighted by Gasteiger charge is -2.12. The Bertz CT molecular complexity index is 977. The van der Waals surface area contributed by atoms with E-state index in [2.05, 4.69) is 4.72 Å². The number of hydrogen-bond donors (Lipinski definition) is 2. The summed E-state index contributed by atoms with van der Waals surface area (Å²) in [6, 6.07) is 14.4. The number of sulfonamides is 1. The van der Waals surface area contributed by atoms with Gasteiger partial charge in [0.05, 0.1) is 11.0 Å². The third-order valence-electron chi connectivity index (χ3n) is 4.05. The molecule has 0 saturated carbocycles.